The Hall–Kier alpha value is -2.07. The highest BCUT2D eigenvalue weighted by atomic mass is 35.5. The van der Waals surface area contributed by atoms with Gasteiger partial charge in [-0.1, -0.05) is 41.9 Å². The second-order valence-electron chi connectivity index (χ2n) is 4.09. The number of rotatable bonds is 4. The summed E-state index contributed by atoms with van der Waals surface area (Å²) in [5.41, 5.74) is 7.54. The van der Waals surface area contributed by atoms with Crippen molar-refractivity contribution < 1.29 is 4.79 Å². The van der Waals surface area contributed by atoms with Crippen LogP contribution in [0.5, 0.6) is 0 Å². The van der Waals surface area contributed by atoms with Crippen LogP contribution in [-0.4, -0.2) is 17.4 Å². The molecular weight excluding hydrogens is 262 g/mol. The molecule has 0 bridgehead atoms. The lowest BCUT2D eigenvalue weighted by Gasteiger charge is -2.07. The van der Waals surface area contributed by atoms with Gasteiger partial charge in [0.25, 0.3) is 5.91 Å². The maximum Gasteiger partial charge on any atom is 0.253 e. The van der Waals surface area contributed by atoms with Crippen LogP contribution in [0.1, 0.15) is 15.9 Å². The Morgan fingerprint density at radius 1 is 1.32 bits per heavy atom. The van der Waals surface area contributed by atoms with Gasteiger partial charge >= 0.3 is 0 Å². The van der Waals surface area contributed by atoms with Crippen LogP contribution >= 0.6 is 11.6 Å². The third kappa shape index (κ3) is 3.69. The molecule has 0 aliphatic rings. The van der Waals surface area contributed by atoms with E-state index in [1.165, 1.54) is 17.8 Å². The lowest BCUT2D eigenvalue weighted by molar-refractivity contribution is 0.0955. The van der Waals surface area contributed by atoms with Gasteiger partial charge in [0, 0.05) is 6.54 Å². The minimum Gasteiger partial charge on any atom is -0.397 e. The van der Waals surface area contributed by atoms with E-state index in [-0.39, 0.29) is 11.1 Å². The number of aromatic nitrogens is 1. The molecule has 0 aliphatic carbocycles. The number of hydrogen-bond acceptors (Lipinski definition) is 3. The fourth-order valence-electron chi connectivity index (χ4n) is 1.70. The van der Waals surface area contributed by atoms with Crippen LogP contribution in [-0.2, 0) is 6.42 Å². The first-order chi connectivity index (χ1) is 9.16. The third-order valence-electron chi connectivity index (χ3n) is 2.69. The number of halogens is 1. The monoisotopic (exact) mass is 275 g/mol. The second kappa shape index (κ2) is 6.20. The van der Waals surface area contributed by atoms with Crippen molar-refractivity contribution in [1.29, 1.82) is 0 Å². The molecular formula is C14H14ClN3O. The Morgan fingerprint density at radius 2 is 2.05 bits per heavy atom. The Bertz CT molecular complexity index is 572. The normalized spacial score (nSPS) is 10.2. The van der Waals surface area contributed by atoms with E-state index in [1.807, 2.05) is 30.3 Å². The highest BCUT2D eigenvalue weighted by Crippen LogP contribution is 2.14. The fourth-order valence-corrected chi connectivity index (χ4v) is 1.86. The van der Waals surface area contributed by atoms with Crippen LogP contribution in [0.25, 0.3) is 0 Å². The SMILES string of the molecule is Nc1cnc(Cl)cc1C(=O)NCCc1ccccc1. The van der Waals surface area contributed by atoms with E-state index in [2.05, 4.69) is 10.3 Å². The van der Waals surface area contributed by atoms with Crippen molar-refractivity contribution in [2.45, 2.75) is 6.42 Å². The summed E-state index contributed by atoms with van der Waals surface area (Å²) in [5, 5.41) is 3.06. The molecule has 2 rings (SSSR count). The number of hydrogen-bond donors (Lipinski definition) is 2. The van der Waals surface area contributed by atoms with E-state index in [0.29, 0.717) is 17.8 Å². The van der Waals surface area contributed by atoms with Gasteiger partial charge in [-0.15, -0.1) is 0 Å². The second-order valence-corrected chi connectivity index (χ2v) is 4.47. The van der Waals surface area contributed by atoms with Crippen LogP contribution in [0, 0.1) is 0 Å². The topological polar surface area (TPSA) is 68.0 Å². The van der Waals surface area contributed by atoms with E-state index >= 15 is 0 Å². The molecule has 0 fully saturated rings. The van der Waals surface area contributed by atoms with Crippen molar-refractivity contribution in [2.75, 3.05) is 12.3 Å². The van der Waals surface area contributed by atoms with E-state index < -0.39 is 0 Å². The number of nitrogens with zero attached hydrogens (tertiary/aromatic N) is 1. The van der Waals surface area contributed by atoms with Gasteiger partial charge in [0.05, 0.1) is 17.4 Å². The number of benzene rings is 1. The van der Waals surface area contributed by atoms with Gasteiger partial charge in [-0.25, -0.2) is 4.98 Å². The number of nitrogens with two attached hydrogens (primary N) is 1. The number of nitrogen functional groups attached to an aromatic ring is 1. The van der Waals surface area contributed by atoms with Crippen LogP contribution in [0.2, 0.25) is 5.15 Å². The summed E-state index contributed by atoms with van der Waals surface area (Å²) in [6.07, 6.45) is 2.15. The third-order valence-corrected chi connectivity index (χ3v) is 2.89. The van der Waals surface area contributed by atoms with Gasteiger partial charge in [-0.3, -0.25) is 4.79 Å². The molecule has 0 saturated heterocycles. The van der Waals surface area contributed by atoms with Crippen molar-refractivity contribution in [2.24, 2.45) is 0 Å². The molecule has 98 valence electrons. The molecule has 5 heteroatoms. The predicted octanol–water partition coefficient (Wildman–Crippen LogP) is 2.29. The molecule has 2 aromatic rings. The number of carbonyl (C=O) groups excluding carboxylic acids is 1. The molecule has 0 atom stereocenters. The Morgan fingerprint density at radius 3 is 2.79 bits per heavy atom. The molecule has 0 spiro atoms. The summed E-state index contributed by atoms with van der Waals surface area (Å²) in [4.78, 5) is 15.7. The van der Waals surface area contributed by atoms with Crippen LogP contribution < -0.4 is 11.1 Å². The minimum atomic E-state index is -0.238. The summed E-state index contributed by atoms with van der Waals surface area (Å²) >= 11 is 5.74. The first-order valence-corrected chi connectivity index (χ1v) is 6.28. The van der Waals surface area contributed by atoms with E-state index in [9.17, 15) is 4.79 Å². The van der Waals surface area contributed by atoms with Gasteiger partial charge < -0.3 is 11.1 Å². The fraction of sp³-hybridized carbons (Fsp3) is 0.143. The van der Waals surface area contributed by atoms with Crippen molar-refractivity contribution in [1.82, 2.24) is 10.3 Å². The molecule has 0 saturated carbocycles. The van der Waals surface area contributed by atoms with Gasteiger partial charge in [0.1, 0.15) is 5.15 Å². The lowest BCUT2D eigenvalue weighted by Crippen LogP contribution is -2.26. The van der Waals surface area contributed by atoms with E-state index in [0.717, 1.165) is 6.42 Å². The molecule has 1 aromatic carbocycles. The number of pyridine rings is 1. The van der Waals surface area contributed by atoms with Crippen molar-refractivity contribution in [3.05, 3.63) is 58.9 Å². The van der Waals surface area contributed by atoms with Crippen LogP contribution in [0.4, 0.5) is 5.69 Å². The van der Waals surface area contributed by atoms with Gasteiger partial charge in [0.15, 0.2) is 0 Å². The highest BCUT2D eigenvalue weighted by molar-refractivity contribution is 6.29. The molecule has 19 heavy (non-hydrogen) atoms. The van der Waals surface area contributed by atoms with Gasteiger partial charge in [0.2, 0.25) is 0 Å². The number of amides is 1. The standard InChI is InChI=1S/C14H14ClN3O/c15-13-8-11(12(16)9-18-13)14(19)17-7-6-10-4-2-1-3-5-10/h1-5,8-9H,6-7,16H2,(H,17,19). The molecule has 1 heterocycles. The largest absolute Gasteiger partial charge is 0.397 e. The first kappa shape index (κ1) is 13.4. The summed E-state index contributed by atoms with van der Waals surface area (Å²) in [6.45, 7) is 0.544. The zero-order chi connectivity index (χ0) is 13.7. The summed E-state index contributed by atoms with van der Waals surface area (Å²) in [6, 6.07) is 11.4. The summed E-state index contributed by atoms with van der Waals surface area (Å²) in [7, 11) is 0. The first-order valence-electron chi connectivity index (χ1n) is 5.90. The average molecular weight is 276 g/mol. The number of anilines is 1. The Kier molecular flexibility index (Phi) is 4.36. The number of nitrogens with one attached hydrogen (secondary N) is 1. The molecule has 3 N–H and O–H groups in total. The smallest absolute Gasteiger partial charge is 0.253 e. The Balaban J connectivity index is 1.93. The van der Waals surface area contributed by atoms with Crippen LogP contribution in [0.3, 0.4) is 0 Å². The average Bonchev–Trinajstić information content (AvgIpc) is 2.42. The zero-order valence-electron chi connectivity index (χ0n) is 10.3. The Labute approximate surface area is 116 Å². The van der Waals surface area contributed by atoms with E-state index in [4.69, 9.17) is 17.3 Å². The van der Waals surface area contributed by atoms with E-state index in [1.54, 1.807) is 0 Å². The molecule has 0 unspecified atom stereocenters. The molecule has 1 amide bonds. The zero-order valence-corrected chi connectivity index (χ0v) is 11.0. The molecule has 4 nitrogen and oxygen atoms in total. The van der Waals surface area contributed by atoms with Crippen LogP contribution in [0.15, 0.2) is 42.6 Å². The number of carbonyl (C=O) groups is 1. The molecule has 0 radical (unpaired) electrons. The quantitative estimate of drug-likeness (QED) is 0.841. The summed E-state index contributed by atoms with van der Waals surface area (Å²) < 4.78 is 0. The molecule has 0 aliphatic heterocycles. The maximum atomic E-state index is 11.9. The lowest BCUT2D eigenvalue weighted by atomic mass is 10.1. The minimum absolute atomic E-state index is 0.238. The van der Waals surface area contributed by atoms with Crippen molar-refractivity contribution in [3.8, 4) is 0 Å². The molecule has 1 aromatic heterocycles. The van der Waals surface area contributed by atoms with Gasteiger partial charge in [-0.05, 0) is 18.1 Å². The summed E-state index contributed by atoms with van der Waals surface area (Å²) in [5.74, 6) is -0.238. The maximum absolute atomic E-state index is 11.9. The predicted molar refractivity (Wildman–Crippen MR) is 76.1 cm³/mol. The van der Waals surface area contributed by atoms with Crippen molar-refractivity contribution in [3.63, 3.8) is 0 Å². The highest BCUT2D eigenvalue weighted by Gasteiger charge is 2.10. The van der Waals surface area contributed by atoms with Gasteiger partial charge in [-0.2, -0.15) is 0 Å². The van der Waals surface area contributed by atoms with Crippen molar-refractivity contribution >= 4 is 23.2 Å².